The van der Waals surface area contributed by atoms with Gasteiger partial charge in [-0.15, -0.1) is 22.7 Å². The Bertz CT molecular complexity index is 1010. The quantitative estimate of drug-likeness (QED) is 0.452. The van der Waals surface area contributed by atoms with E-state index >= 15 is 0 Å². The second-order valence-corrected chi connectivity index (χ2v) is 7.26. The van der Waals surface area contributed by atoms with Gasteiger partial charge in [0.05, 0.1) is 5.56 Å². The van der Waals surface area contributed by atoms with Crippen LogP contribution in [0.15, 0.2) is 63.1 Å². The summed E-state index contributed by atoms with van der Waals surface area (Å²) in [7, 11) is 0. The van der Waals surface area contributed by atoms with E-state index in [9.17, 15) is 4.79 Å². The predicted octanol–water partition coefficient (Wildman–Crippen LogP) is 5.56. The molecule has 4 heteroatoms. The van der Waals surface area contributed by atoms with Crippen LogP contribution in [0.4, 0.5) is 0 Å². The molecule has 3 heterocycles. The van der Waals surface area contributed by atoms with Crippen molar-refractivity contribution in [2.75, 3.05) is 0 Å². The van der Waals surface area contributed by atoms with Crippen LogP contribution in [0, 0.1) is 6.92 Å². The molecule has 0 aliphatic rings. The Balaban J connectivity index is 2.18. The summed E-state index contributed by atoms with van der Waals surface area (Å²) < 4.78 is 5.54. The van der Waals surface area contributed by atoms with Crippen LogP contribution in [-0.2, 0) is 0 Å². The number of benzene rings is 1. The van der Waals surface area contributed by atoms with E-state index in [1.807, 2.05) is 41.8 Å². The Morgan fingerprint density at radius 1 is 0.909 bits per heavy atom. The average Bonchev–Trinajstić information content (AvgIpc) is 3.17. The molecular formula is C18H12O2S2. The number of fused-ring (bicyclic) bond motifs is 1. The fourth-order valence-corrected chi connectivity index (χ4v) is 4.32. The first-order valence-corrected chi connectivity index (χ1v) is 8.60. The lowest BCUT2D eigenvalue weighted by molar-refractivity contribution is 0.564. The van der Waals surface area contributed by atoms with Gasteiger partial charge < -0.3 is 4.42 Å². The number of rotatable bonds is 2. The topological polar surface area (TPSA) is 30.2 Å². The first-order chi connectivity index (χ1) is 10.7. The van der Waals surface area contributed by atoms with Crippen molar-refractivity contribution in [3.8, 4) is 20.9 Å². The summed E-state index contributed by atoms with van der Waals surface area (Å²) in [5.41, 5.74) is 2.00. The van der Waals surface area contributed by atoms with Crippen LogP contribution in [-0.4, -0.2) is 0 Å². The molecular weight excluding hydrogens is 312 g/mol. The first kappa shape index (κ1) is 13.5. The summed E-state index contributed by atoms with van der Waals surface area (Å²) in [6.07, 6.45) is 0. The maximum atomic E-state index is 12.6. The van der Waals surface area contributed by atoms with Crippen molar-refractivity contribution in [3.05, 3.63) is 69.2 Å². The molecule has 0 saturated heterocycles. The molecule has 1 aromatic carbocycles. The molecule has 0 fully saturated rings. The van der Waals surface area contributed by atoms with Crippen LogP contribution in [0.25, 0.3) is 31.9 Å². The van der Waals surface area contributed by atoms with Crippen molar-refractivity contribution in [2.45, 2.75) is 6.92 Å². The molecule has 0 aliphatic heterocycles. The van der Waals surface area contributed by atoms with E-state index in [0.717, 1.165) is 20.7 Å². The van der Waals surface area contributed by atoms with Gasteiger partial charge in [0.1, 0.15) is 5.58 Å². The average molecular weight is 324 g/mol. The van der Waals surface area contributed by atoms with E-state index in [2.05, 4.69) is 19.1 Å². The van der Waals surface area contributed by atoms with Gasteiger partial charge in [0.15, 0.2) is 0 Å². The van der Waals surface area contributed by atoms with E-state index < -0.39 is 0 Å². The summed E-state index contributed by atoms with van der Waals surface area (Å²) in [4.78, 5) is 15.9. The highest BCUT2D eigenvalue weighted by molar-refractivity contribution is 7.16. The number of thiophene rings is 2. The molecule has 0 aliphatic carbocycles. The van der Waals surface area contributed by atoms with Gasteiger partial charge in [-0.3, -0.25) is 0 Å². The van der Waals surface area contributed by atoms with Crippen molar-refractivity contribution in [2.24, 2.45) is 0 Å². The maximum absolute atomic E-state index is 12.6. The lowest BCUT2D eigenvalue weighted by Gasteiger charge is -2.09. The van der Waals surface area contributed by atoms with Crippen molar-refractivity contribution in [3.63, 3.8) is 0 Å². The number of hydrogen-bond donors (Lipinski definition) is 0. The number of para-hydroxylation sites is 1. The minimum atomic E-state index is -0.276. The van der Waals surface area contributed by atoms with Crippen LogP contribution in [0.1, 0.15) is 4.88 Å². The fraction of sp³-hybridized carbons (Fsp3) is 0.0556. The third-order valence-corrected chi connectivity index (χ3v) is 5.47. The van der Waals surface area contributed by atoms with E-state index in [1.165, 1.54) is 4.88 Å². The molecule has 2 nitrogen and oxygen atoms in total. The van der Waals surface area contributed by atoms with E-state index in [4.69, 9.17) is 4.42 Å². The summed E-state index contributed by atoms with van der Waals surface area (Å²) in [6, 6.07) is 15.8. The van der Waals surface area contributed by atoms with Crippen LogP contribution in [0.5, 0.6) is 0 Å². The molecule has 0 unspecified atom stereocenters. The SMILES string of the molecule is Cc1ccc(-c2c(-c3cccs3)c(=O)oc3ccccc23)s1. The van der Waals surface area contributed by atoms with Crippen molar-refractivity contribution in [1.82, 2.24) is 0 Å². The van der Waals surface area contributed by atoms with Gasteiger partial charge in [0, 0.05) is 25.6 Å². The molecule has 0 bridgehead atoms. The van der Waals surface area contributed by atoms with Crippen LogP contribution >= 0.6 is 22.7 Å². The molecule has 0 radical (unpaired) electrons. The second kappa shape index (κ2) is 5.23. The summed E-state index contributed by atoms with van der Waals surface area (Å²) in [6.45, 7) is 2.08. The zero-order valence-corrected chi connectivity index (χ0v) is 13.5. The maximum Gasteiger partial charge on any atom is 0.345 e. The normalized spacial score (nSPS) is 11.1. The Kier molecular flexibility index (Phi) is 3.21. The zero-order chi connectivity index (χ0) is 15.1. The largest absolute Gasteiger partial charge is 0.422 e. The summed E-state index contributed by atoms with van der Waals surface area (Å²) in [5, 5.41) is 2.96. The molecule has 0 spiro atoms. The molecule has 4 rings (SSSR count). The lowest BCUT2D eigenvalue weighted by Crippen LogP contribution is -2.04. The lowest BCUT2D eigenvalue weighted by atomic mass is 10.0. The first-order valence-electron chi connectivity index (χ1n) is 6.90. The van der Waals surface area contributed by atoms with Crippen molar-refractivity contribution >= 4 is 33.6 Å². The van der Waals surface area contributed by atoms with E-state index in [0.29, 0.717) is 11.1 Å². The Morgan fingerprint density at radius 3 is 2.50 bits per heavy atom. The fourth-order valence-electron chi connectivity index (χ4n) is 2.62. The van der Waals surface area contributed by atoms with Crippen molar-refractivity contribution < 1.29 is 4.42 Å². The van der Waals surface area contributed by atoms with Gasteiger partial charge in [-0.1, -0.05) is 24.3 Å². The molecule has 0 atom stereocenters. The van der Waals surface area contributed by atoms with Crippen LogP contribution in [0.2, 0.25) is 0 Å². The molecule has 0 saturated carbocycles. The third-order valence-electron chi connectivity index (χ3n) is 3.57. The van der Waals surface area contributed by atoms with Crippen LogP contribution in [0.3, 0.4) is 0 Å². The van der Waals surface area contributed by atoms with Crippen molar-refractivity contribution in [1.29, 1.82) is 0 Å². The Labute approximate surface area is 135 Å². The van der Waals surface area contributed by atoms with Gasteiger partial charge in [-0.25, -0.2) is 4.79 Å². The van der Waals surface area contributed by atoms with Gasteiger partial charge in [0.2, 0.25) is 0 Å². The van der Waals surface area contributed by atoms with Crippen LogP contribution < -0.4 is 5.63 Å². The third kappa shape index (κ3) is 2.12. The molecule has 22 heavy (non-hydrogen) atoms. The molecule has 108 valence electrons. The molecule has 4 aromatic rings. The molecule has 0 amide bonds. The predicted molar refractivity (Wildman–Crippen MR) is 93.8 cm³/mol. The highest BCUT2D eigenvalue weighted by Crippen LogP contribution is 2.40. The summed E-state index contributed by atoms with van der Waals surface area (Å²) >= 11 is 3.26. The monoisotopic (exact) mass is 324 g/mol. The standard InChI is InChI=1S/C18H12O2S2/c1-11-8-9-15(22-11)16-12-5-2-3-6-13(12)20-18(19)17(16)14-7-4-10-21-14/h2-10H,1H3. The zero-order valence-electron chi connectivity index (χ0n) is 11.8. The van der Waals surface area contributed by atoms with Gasteiger partial charge >= 0.3 is 5.63 Å². The van der Waals surface area contributed by atoms with E-state index in [1.54, 1.807) is 22.7 Å². The van der Waals surface area contributed by atoms with E-state index in [-0.39, 0.29) is 5.63 Å². The highest BCUT2D eigenvalue weighted by atomic mass is 32.1. The molecule has 0 N–H and O–H groups in total. The number of hydrogen-bond acceptors (Lipinski definition) is 4. The van der Waals surface area contributed by atoms with Gasteiger partial charge in [-0.2, -0.15) is 0 Å². The smallest absolute Gasteiger partial charge is 0.345 e. The summed E-state index contributed by atoms with van der Waals surface area (Å²) in [5.74, 6) is 0. The minimum Gasteiger partial charge on any atom is -0.422 e. The van der Waals surface area contributed by atoms with Gasteiger partial charge in [-0.05, 0) is 36.6 Å². The Morgan fingerprint density at radius 2 is 1.77 bits per heavy atom. The number of aryl methyl sites for hydroxylation is 1. The molecule has 3 aromatic heterocycles. The highest BCUT2D eigenvalue weighted by Gasteiger charge is 2.19. The second-order valence-electron chi connectivity index (χ2n) is 5.02. The van der Waals surface area contributed by atoms with Gasteiger partial charge in [0.25, 0.3) is 0 Å². The minimum absolute atomic E-state index is 0.276. The Hall–Kier alpha value is -2.17.